The third kappa shape index (κ3) is 2.95. The summed E-state index contributed by atoms with van der Waals surface area (Å²) in [4.78, 5) is 25.5. The highest BCUT2D eigenvalue weighted by molar-refractivity contribution is 6.14. The van der Waals surface area contributed by atoms with Crippen LogP contribution in [0.3, 0.4) is 0 Å². The number of nitrogens with zero attached hydrogens (tertiary/aromatic N) is 1. The lowest BCUT2D eigenvalue weighted by Gasteiger charge is -2.26. The number of anilines is 1. The van der Waals surface area contributed by atoms with Crippen molar-refractivity contribution in [2.75, 3.05) is 24.7 Å². The van der Waals surface area contributed by atoms with Crippen molar-refractivity contribution in [3.63, 3.8) is 0 Å². The van der Waals surface area contributed by atoms with E-state index in [1.165, 1.54) is 24.3 Å². The van der Waals surface area contributed by atoms with Gasteiger partial charge in [0, 0.05) is 28.6 Å². The SMILES string of the molecule is O=C1N(C(F)(F)F)c2cccc(-c3ccc4ccc(=O)oc4c3)c2C12COc1cc3c(cc12)OCCO3. The lowest BCUT2D eigenvalue weighted by atomic mass is 9.74. The van der Waals surface area contributed by atoms with E-state index in [-0.39, 0.29) is 46.3 Å². The Morgan fingerprint density at radius 3 is 2.38 bits per heavy atom. The van der Waals surface area contributed by atoms with Crippen LogP contribution in [0, 0.1) is 0 Å². The van der Waals surface area contributed by atoms with E-state index in [1.807, 2.05) is 0 Å². The van der Waals surface area contributed by atoms with Gasteiger partial charge in [0.1, 0.15) is 36.6 Å². The number of fused-ring (bicyclic) bond motifs is 6. The number of hydrogen-bond donors (Lipinski definition) is 0. The highest BCUT2D eigenvalue weighted by Crippen LogP contribution is 2.58. The summed E-state index contributed by atoms with van der Waals surface area (Å²) < 4.78 is 65.4. The highest BCUT2D eigenvalue weighted by Gasteiger charge is 2.63. The van der Waals surface area contributed by atoms with E-state index in [0.717, 1.165) is 0 Å². The first-order chi connectivity index (χ1) is 17.8. The molecular formula is C27H16F3NO6. The molecule has 186 valence electrons. The highest BCUT2D eigenvalue weighted by atomic mass is 19.4. The van der Waals surface area contributed by atoms with Crippen LogP contribution >= 0.6 is 0 Å². The summed E-state index contributed by atoms with van der Waals surface area (Å²) in [7, 11) is 0. The van der Waals surface area contributed by atoms with Gasteiger partial charge < -0.3 is 18.6 Å². The van der Waals surface area contributed by atoms with Crippen molar-refractivity contribution in [2.45, 2.75) is 11.7 Å². The number of alkyl halides is 3. The molecule has 0 fully saturated rings. The summed E-state index contributed by atoms with van der Waals surface area (Å²) in [6, 6.07) is 15.4. The summed E-state index contributed by atoms with van der Waals surface area (Å²) in [5, 5.41) is 0.650. The van der Waals surface area contributed by atoms with Crippen LogP contribution in [0.2, 0.25) is 0 Å². The number of carbonyl (C=O) groups is 1. The molecule has 7 rings (SSSR count). The maximum atomic E-state index is 14.3. The molecule has 1 spiro atoms. The first kappa shape index (κ1) is 21.8. The number of benzene rings is 3. The van der Waals surface area contributed by atoms with Crippen molar-refractivity contribution < 1.29 is 36.6 Å². The Morgan fingerprint density at radius 2 is 1.59 bits per heavy atom. The minimum atomic E-state index is -4.97. The smallest absolute Gasteiger partial charge is 0.491 e. The second-order valence-electron chi connectivity index (χ2n) is 9.00. The number of halogens is 3. The molecule has 0 N–H and O–H groups in total. The van der Waals surface area contributed by atoms with Gasteiger partial charge >= 0.3 is 11.9 Å². The van der Waals surface area contributed by atoms with E-state index >= 15 is 0 Å². The Bertz CT molecular complexity index is 1690. The van der Waals surface area contributed by atoms with Gasteiger partial charge in [0.25, 0.3) is 5.91 Å². The third-order valence-electron chi connectivity index (χ3n) is 7.01. The minimum absolute atomic E-state index is 0.123. The molecule has 4 aromatic rings. The molecule has 0 radical (unpaired) electrons. The van der Waals surface area contributed by atoms with Gasteiger partial charge in [-0.1, -0.05) is 24.3 Å². The van der Waals surface area contributed by atoms with Crippen molar-refractivity contribution in [1.82, 2.24) is 0 Å². The quantitative estimate of drug-likeness (QED) is 0.273. The normalized spacial score (nSPS) is 19.8. The van der Waals surface area contributed by atoms with E-state index in [0.29, 0.717) is 34.6 Å². The van der Waals surface area contributed by atoms with Gasteiger partial charge in [-0.05, 0) is 35.4 Å². The zero-order valence-electron chi connectivity index (χ0n) is 18.9. The van der Waals surface area contributed by atoms with Crippen LogP contribution in [-0.2, 0) is 10.2 Å². The molecule has 1 unspecified atom stereocenters. The molecule has 10 heteroatoms. The van der Waals surface area contributed by atoms with Crippen molar-refractivity contribution >= 4 is 22.6 Å². The lowest BCUT2D eigenvalue weighted by molar-refractivity contribution is -0.151. The first-order valence-corrected chi connectivity index (χ1v) is 11.4. The van der Waals surface area contributed by atoms with E-state index in [2.05, 4.69) is 0 Å². The topological polar surface area (TPSA) is 78.2 Å². The fourth-order valence-corrected chi connectivity index (χ4v) is 5.47. The van der Waals surface area contributed by atoms with Gasteiger partial charge in [0.2, 0.25) is 0 Å². The predicted molar refractivity (Wildman–Crippen MR) is 125 cm³/mol. The fraction of sp³-hybridized carbons (Fsp3) is 0.185. The molecule has 0 saturated carbocycles. The van der Waals surface area contributed by atoms with Crippen molar-refractivity contribution in [3.8, 4) is 28.4 Å². The zero-order valence-corrected chi connectivity index (χ0v) is 18.9. The number of ether oxygens (including phenoxy) is 3. The van der Waals surface area contributed by atoms with E-state index in [9.17, 15) is 22.8 Å². The standard InChI is InChI=1S/C27H16F3NO6/c28-27(29,30)31-18-3-1-2-16(15-5-4-14-6-7-23(32)37-19(14)10-15)24(18)26(25(31)33)13-36-20-12-22-21(11-17(20)26)34-8-9-35-22/h1-7,10-12H,8-9,13H2. The van der Waals surface area contributed by atoms with Crippen LogP contribution < -0.4 is 24.7 Å². The van der Waals surface area contributed by atoms with E-state index in [4.69, 9.17) is 18.6 Å². The summed E-state index contributed by atoms with van der Waals surface area (Å²) in [6.07, 6.45) is -4.97. The number of rotatable bonds is 1. The van der Waals surface area contributed by atoms with Crippen LogP contribution in [0.4, 0.5) is 18.9 Å². The number of hydrogen-bond acceptors (Lipinski definition) is 6. The molecule has 3 aromatic carbocycles. The zero-order chi connectivity index (χ0) is 25.5. The van der Waals surface area contributed by atoms with Crippen molar-refractivity contribution in [2.24, 2.45) is 0 Å². The monoisotopic (exact) mass is 507 g/mol. The van der Waals surface area contributed by atoms with E-state index < -0.39 is 23.2 Å². The predicted octanol–water partition coefficient (Wildman–Crippen LogP) is 4.78. The molecule has 1 aromatic heterocycles. The van der Waals surface area contributed by atoms with Crippen molar-refractivity contribution in [1.29, 1.82) is 0 Å². The molecule has 7 nitrogen and oxygen atoms in total. The molecule has 3 aliphatic rings. The second-order valence-corrected chi connectivity index (χ2v) is 9.00. The molecule has 3 aliphatic heterocycles. The Kier molecular flexibility index (Phi) is 4.29. The van der Waals surface area contributed by atoms with Crippen LogP contribution in [0.5, 0.6) is 17.2 Å². The summed E-state index contributed by atoms with van der Waals surface area (Å²) >= 11 is 0. The Balaban J connectivity index is 1.52. The lowest BCUT2D eigenvalue weighted by Crippen LogP contribution is -2.48. The second kappa shape index (κ2) is 7.28. The van der Waals surface area contributed by atoms with Gasteiger partial charge in [-0.2, -0.15) is 0 Å². The fourth-order valence-electron chi connectivity index (χ4n) is 5.47. The molecule has 0 aliphatic carbocycles. The van der Waals surface area contributed by atoms with Crippen LogP contribution in [-0.4, -0.2) is 32.0 Å². The summed E-state index contributed by atoms with van der Waals surface area (Å²) in [5.74, 6) is -0.171. The molecule has 0 saturated heterocycles. The van der Waals surface area contributed by atoms with Gasteiger partial charge in [-0.3, -0.25) is 4.79 Å². The van der Waals surface area contributed by atoms with Crippen LogP contribution in [0.15, 0.2) is 69.9 Å². The average Bonchev–Trinajstić information content (AvgIpc) is 3.37. The van der Waals surface area contributed by atoms with Gasteiger partial charge in [0.15, 0.2) is 11.5 Å². The average molecular weight is 507 g/mol. The molecule has 37 heavy (non-hydrogen) atoms. The minimum Gasteiger partial charge on any atom is -0.491 e. The first-order valence-electron chi connectivity index (χ1n) is 11.4. The molecule has 1 amide bonds. The third-order valence-corrected chi connectivity index (χ3v) is 7.01. The Morgan fingerprint density at radius 1 is 0.838 bits per heavy atom. The Labute approximate surface area is 206 Å². The van der Waals surface area contributed by atoms with Crippen LogP contribution in [0.1, 0.15) is 11.1 Å². The van der Waals surface area contributed by atoms with Crippen molar-refractivity contribution in [3.05, 3.63) is 82.2 Å². The summed E-state index contributed by atoms with van der Waals surface area (Å²) in [6.45, 7) is 0.262. The number of carbonyl (C=O) groups excluding carboxylic acids is 1. The molecule has 4 heterocycles. The Hall–Kier alpha value is -4.47. The van der Waals surface area contributed by atoms with Crippen LogP contribution in [0.25, 0.3) is 22.1 Å². The summed E-state index contributed by atoms with van der Waals surface area (Å²) in [5.41, 5.74) is -1.03. The van der Waals surface area contributed by atoms with Gasteiger partial charge in [-0.15, -0.1) is 13.2 Å². The molecular weight excluding hydrogens is 491 g/mol. The van der Waals surface area contributed by atoms with Gasteiger partial charge in [0.05, 0.1) is 5.69 Å². The maximum absolute atomic E-state index is 14.3. The number of amides is 1. The largest absolute Gasteiger partial charge is 0.491 e. The molecule has 0 bridgehead atoms. The van der Waals surface area contributed by atoms with E-state index in [1.54, 1.807) is 36.4 Å². The molecule has 1 atom stereocenters. The maximum Gasteiger partial charge on any atom is 0.491 e. The van der Waals surface area contributed by atoms with Gasteiger partial charge in [-0.25, -0.2) is 9.69 Å².